The summed E-state index contributed by atoms with van der Waals surface area (Å²) in [6, 6.07) is 12.9. The number of thioether (sulfide) groups is 1. The van der Waals surface area contributed by atoms with Crippen LogP contribution in [0.2, 0.25) is 0 Å². The van der Waals surface area contributed by atoms with Gasteiger partial charge in [-0.15, -0.1) is 0 Å². The van der Waals surface area contributed by atoms with Crippen molar-refractivity contribution in [1.82, 2.24) is 25.6 Å². The Morgan fingerprint density at radius 1 is 1.00 bits per heavy atom. The first-order valence-corrected chi connectivity index (χ1v) is 11.9. The molecule has 3 heterocycles. The van der Waals surface area contributed by atoms with Crippen LogP contribution in [0.4, 0.5) is 10.7 Å². The summed E-state index contributed by atoms with van der Waals surface area (Å²) in [5.41, 5.74) is 2.88. The fraction of sp³-hybridized carbons (Fsp3) is 0.292. The van der Waals surface area contributed by atoms with Crippen LogP contribution in [0.25, 0.3) is 17.0 Å². The number of aromatic nitrogens is 3. The van der Waals surface area contributed by atoms with E-state index in [0.717, 1.165) is 49.5 Å². The molecule has 1 aliphatic carbocycles. The average molecular weight is 461 g/mol. The molecular weight excluding hydrogens is 436 g/mol. The molecule has 2 fully saturated rings. The molecule has 9 heteroatoms. The SMILES string of the molecule is O=C1NC(=O)/C(=C/c2ccnc(NC3CCC(NCc4cccc5cccnc45)CC3)n2)S1. The van der Waals surface area contributed by atoms with Crippen LogP contribution in [0.15, 0.2) is 53.7 Å². The first kappa shape index (κ1) is 21.5. The number of imide groups is 1. The predicted octanol–water partition coefficient (Wildman–Crippen LogP) is 3.86. The summed E-state index contributed by atoms with van der Waals surface area (Å²) < 4.78 is 0. The number of nitrogens with one attached hydrogen (secondary N) is 3. The smallest absolute Gasteiger partial charge is 0.290 e. The Morgan fingerprint density at radius 2 is 1.82 bits per heavy atom. The van der Waals surface area contributed by atoms with Crippen molar-refractivity contribution >= 4 is 45.8 Å². The van der Waals surface area contributed by atoms with E-state index in [1.807, 2.05) is 12.3 Å². The quantitative estimate of drug-likeness (QED) is 0.476. The van der Waals surface area contributed by atoms with Gasteiger partial charge in [0.1, 0.15) is 0 Å². The second kappa shape index (κ2) is 9.68. The lowest BCUT2D eigenvalue weighted by atomic mass is 9.91. The number of anilines is 1. The van der Waals surface area contributed by atoms with E-state index in [1.54, 1.807) is 18.3 Å². The standard InChI is InChI=1S/C24H24N6O2S/c31-22-20(33-24(32)30-22)13-19-10-12-26-23(29-19)28-18-8-6-17(7-9-18)27-14-16-4-1-3-15-5-2-11-25-21(15)16/h1-5,10-13,17-18,27H,6-9,14H2,(H,26,28,29)(H,30,31,32)/b20-13-. The minimum absolute atomic E-state index is 0.302. The number of rotatable bonds is 6. The third kappa shape index (κ3) is 5.20. The van der Waals surface area contributed by atoms with Gasteiger partial charge in [0.05, 0.1) is 16.1 Å². The number of hydrogen-bond donors (Lipinski definition) is 3. The van der Waals surface area contributed by atoms with Gasteiger partial charge in [0, 0.05) is 36.4 Å². The highest BCUT2D eigenvalue weighted by Crippen LogP contribution is 2.26. The molecule has 2 amide bonds. The summed E-state index contributed by atoms with van der Waals surface area (Å²) in [5.74, 6) is 0.153. The fourth-order valence-corrected chi connectivity index (χ4v) is 4.93. The van der Waals surface area contributed by atoms with Crippen LogP contribution in [0.5, 0.6) is 0 Å². The first-order chi connectivity index (χ1) is 16.1. The second-order valence-electron chi connectivity index (χ2n) is 8.22. The summed E-state index contributed by atoms with van der Waals surface area (Å²) in [5, 5.41) is 10.2. The molecule has 1 saturated heterocycles. The van der Waals surface area contributed by atoms with E-state index in [0.29, 0.717) is 28.6 Å². The molecule has 0 radical (unpaired) electrons. The van der Waals surface area contributed by atoms with Crippen molar-refractivity contribution in [2.24, 2.45) is 0 Å². The summed E-state index contributed by atoms with van der Waals surface area (Å²) in [4.78, 5) is 36.8. The normalized spacial score (nSPS) is 22.0. The number of nitrogens with zero attached hydrogens (tertiary/aromatic N) is 3. The van der Waals surface area contributed by atoms with Crippen LogP contribution in [0.1, 0.15) is 36.9 Å². The fourth-order valence-electron chi connectivity index (χ4n) is 4.27. The van der Waals surface area contributed by atoms with Crippen LogP contribution >= 0.6 is 11.8 Å². The Bertz CT molecular complexity index is 1220. The molecule has 5 rings (SSSR count). The van der Waals surface area contributed by atoms with E-state index >= 15 is 0 Å². The van der Waals surface area contributed by atoms with Crippen molar-refractivity contribution in [3.05, 3.63) is 65.0 Å². The van der Waals surface area contributed by atoms with Gasteiger partial charge in [0.15, 0.2) is 0 Å². The molecule has 168 valence electrons. The molecule has 1 aromatic carbocycles. The van der Waals surface area contributed by atoms with Gasteiger partial charge < -0.3 is 10.6 Å². The maximum Gasteiger partial charge on any atom is 0.290 e. The van der Waals surface area contributed by atoms with E-state index in [9.17, 15) is 9.59 Å². The van der Waals surface area contributed by atoms with Crippen molar-refractivity contribution in [1.29, 1.82) is 0 Å². The third-order valence-corrected chi connectivity index (χ3v) is 6.77. The van der Waals surface area contributed by atoms with E-state index < -0.39 is 0 Å². The number of para-hydroxylation sites is 1. The third-order valence-electron chi connectivity index (χ3n) is 5.96. The van der Waals surface area contributed by atoms with Gasteiger partial charge in [0.25, 0.3) is 11.1 Å². The molecule has 1 saturated carbocycles. The summed E-state index contributed by atoms with van der Waals surface area (Å²) >= 11 is 0.884. The monoisotopic (exact) mass is 460 g/mol. The molecule has 1 aliphatic heterocycles. The van der Waals surface area contributed by atoms with E-state index in [2.05, 4.69) is 55.2 Å². The van der Waals surface area contributed by atoms with Gasteiger partial charge in [-0.1, -0.05) is 24.3 Å². The molecule has 3 aromatic rings. The van der Waals surface area contributed by atoms with E-state index in [1.165, 1.54) is 10.9 Å². The summed E-state index contributed by atoms with van der Waals surface area (Å²) in [6.45, 7) is 0.811. The molecule has 0 spiro atoms. The first-order valence-electron chi connectivity index (χ1n) is 11.0. The minimum atomic E-state index is -0.386. The summed E-state index contributed by atoms with van der Waals surface area (Å²) in [6.07, 6.45) is 9.29. The molecule has 0 unspecified atom stereocenters. The topological polar surface area (TPSA) is 109 Å². The highest BCUT2D eigenvalue weighted by molar-refractivity contribution is 8.18. The number of carbonyl (C=O) groups is 2. The van der Waals surface area contributed by atoms with Crippen molar-refractivity contribution in [2.45, 2.75) is 44.3 Å². The Labute approximate surface area is 195 Å². The molecular formula is C24H24N6O2S. The second-order valence-corrected chi connectivity index (χ2v) is 9.24. The zero-order valence-corrected chi connectivity index (χ0v) is 18.8. The van der Waals surface area contributed by atoms with Crippen LogP contribution in [0.3, 0.4) is 0 Å². The molecule has 0 atom stereocenters. The van der Waals surface area contributed by atoms with Crippen LogP contribution < -0.4 is 16.0 Å². The van der Waals surface area contributed by atoms with E-state index in [4.69, 9.17) is 0 Å². The van der Waals surface area contributed by atoms with Crippen molar-refractivity contribution < 1.29 is 9.59 Å². The Hall–Kier alpha value is -3.30. The van der Waals surface area contributed by atoms with Gasteiger partial charge >= 0.3 is 0 Å². The maximum atomic E-state index is 11.7. The molecule has 33 heavy (non-hydrogen) atoms. The lowest BCUT2D eigenvalue weighted by molar-refractivity contribution is -0.115. The molecule has 8 nitrogen and oxygen atoms in total. The molecule has 0 bridgehead atoms. The Kier molecular flexibility index (Phi) is 6.32. The number of amides is 2. The van der Waals surface area contributed by atoms with Crippen LogP contribution in [-0.4, -0.2) is 38.2 Å². The molecule has 2 aliphatic rings. The zero-order valence-electron chi connectivity index (χ0n) is 18.0. The largest absolute Gasteiger partial charge is 0.351 e. The number of fused-ring (bicyclic) bond motifs is 1. The Balaban J connectivity index is 1.14. The van der Waals surface area contributed by atoms with Crippen molar-refractivity contribution in [2.75, 3.05) is 5.32 Å². The van der Waals surface area contributed by atoms with E-state index in [-0.39, 0.29) is 11.1 Å². The predicted molar refractivity (Wildman–Crippen MR) is 129 cm³/mol. The number of pyridine rings is 1. The summed E-state index contributed by atoms with van der Waals surface area (Å²) in [7, 11) is 0. The number of benzene rings is 1. The van der Waals surface area contributed by atoms with Gasteiger partial charge in [-0.25, -0.2) is 9.97 Å². The maximum absolute atomic E-state index is 11.7. The lowest BCUT2D eigenvalue weighted by Crippen LogP contribution is -2.37. The van der Waals surface area contributed by atoms with Crippen LogP contribution in [0, 0.1) is 0 Å². The van der Waals surface area contributed by atoms with Gasteiger partial charge in [-0.3, -0.25) is 19.9 Å². The highest BCUT2D eigenvalue weighted by atomic mass is 32.2. The van der Waals surface area contributed by atoms with Crippen molar-refractivity contribution in [3.63, 3.8) is 0 Å². The minimum Gasteiger partial charge on any atom is -0.351 e. The van der Waals surface area contributed by atoms with Crippen molar-refractivity contribution in [3.8, 4) is 0 Å². The van der Waals surface area contributed by atoms with Gasteiger partial charge in [-0.2, -0.15) is 0 Å². The van der Waals surface area contributed by atoms with Crippen LogP contribution in [-0.2, 0) is 11.3 Å². The molecule has 2 aromatic heterocycles. The van der Waals surface area contributed by atoms with Gasteiger partial charge in [0.2, 0.25) is 5.95 Å². The average Bonchev–Trinajstić information content (AvgIpc) is 3.15. The highest BCUT2D eigenvalue weighted by Gasteiger charge is 2.25. The number of hydrogen-bond acceptors (Lipinski definition) is 8. The lowest BCUT2D eigenvalue weighted by Gasteiger charge is -2.30. The van der Waals surface area contributed by atoms with Gasteiger partial charge in [-0.05, 0) is 61.2 Å². The number of carbonyl (C=O) groups excluding carboxylic acids is 2. The zero-order chi connectivity index (χ0) is 22.6. The molecule has 3 N–H and O–H groups in total. The Morgan fingerprint density at radius 3 is 2.64 bits per heavy atom.